The summed E-state index contributed by atoms with van der Waals surface area (Å²) in [6, 6.07) is 3.15. The van der Waals surface area contributed by atoms with E-state index in [9.17, 15) is 18.8 Å². The summed E-state index contributed by atoms with van der Waals surface area (Å²) in [6.07, 6.45) is 4.75. The van der Waals surface area contributed by atoms with Crippen LogP contribution in [0, 0.1) is 18.7 Å². The topological polar surface area (TPSA) is 90.3 Å². The zero-order valence-corrected chi connectivity index (χ0v) is 20.9. The van der Waals surface area contributed by atoms with Crippen LogP contribution in [0.25, 0.3) is 22.3 Å². The molecule has 0 saturated heterocycles. The molecule has 1 fully saturated rings. The van der Waals surface area contributed by atoms with Gasteiger partial charge in [0, 0.05) is 22.9 Å². The number of esters is 1. The second-order valence-corrected chi connectivity index (χ2v) is 10.9. The molecular formula is C29H28FN3O4. The van der Waals surface area contributed by atoms with Crippen LogP contribution < -0.4 is 10.9 Å². The van der Waals surface area contributed by atoms with Gasteiger partial charge >= 0.3 is 5.97 Å². The second-order valence-electron chi connectivity index (χ2n) is 10.9. The molecule has 2 aromatic heterocycles. The molecule has 0 radical (unpaired) electrons. The number of rotatable bonds is 3. The van der Waals surface area contributed by atoms with Crippen molar-refractivity contribution in [1.82, 2.24) is 14.9 Å². The van der Waals surface area contributed by atoms with Crippen molar-refractivity contribution in [3.05, 3.63) is 61.7 Å². The lowest BCUT2D eigenvalue weighted by Gasteiger charge is -2.32. The normalized spacial score (nSPS) is 21.6. The van der Waals surface area contributed by atoms with Crippen molar-refractivity contribution in [3.8, 4) is 11.4 Å². The van der Waals surface area contributed by atoms with Crippen molar-refractivity contribution in [2.24, 2.45) is 5.92 Å². The monoisotopic (exact) mass is 501 g/mol. The minimum Gasteiger partial charge on any atom is -0.460 e. The molecule has 2 unspecified atom stereocenters. The standard InChI is InChI=1S/C29H28FN3O4/c1-3-15-17-9-23-26-18(11-33(23)28(35)19(17)12-37-29(15)36)25-21(32-27(34)14-5-4-6-14)8-7-16-13(2)20(30)10-22(31-26)24(16)25/h9-10,14-15,21H,3-8,11-12H2,1-2H3,(H,32,34). The van der Waals surface area contributed by atoms with E-state index in [-0.39, 0.29) is 41.8 Å². The summed E-state index contributed by atoms with van der Waals surface area (Å²) in [5.41, 5.74) is 6.25. The SMILES string of the molecule is CCC1C(=O)OCc2c1cc1n(c2=O)Cc2c-1nc1cc(F)c(C)c3c1c2C(NC(=O)C1CCC1)CC3. The van der Waals surface area contributed by atoms with E-state index in [0.717, 1.165) is 41.3 Å². The van der Waals surface area contributed by atoms with Gasteiger partial charge in [-0.05, 0) is 67.3 Å². The molecule has 0 spiro atoms. The fraction of sp³-hybridized carbons (Fsp3) is 0.448. The van der Waals surface area contributed by atoms with Crippen LogP contribution in [0.2, 0.25) is 0 Å². The summed E-state index contributed by atoms with van der Waals surface area (Å²) in [4.78, 5) is 44.0. The van der Waals surface area contributed by atoms with Gasteiger partial charge in [0.25, 0.3) is 5.56 Å². The van der Waals surface area contributed by atoms with Crippen LogP contribution in [-0.2, 0) is 33.9 Å². The van der Waals surface area contributed by atoms with Gasteiger partial charge in [-0.25, -0.2) is 9.37 Å². The Balaban J connectivity index is 1.46. The number of hydrogen-bond acceptors (Lipinski definition) is 5. The zero-order valence-electron chi connectivity index (χ0n) is 20.9. The minimum absolute atomic E-state index is 0.0307. The second kappa shape index (κ2) is 7.97. The number of aromatic nitrogens is 2. The zero-order chi connectivity index (χ0) is 25.6. The van der Waals surface area contributed by atoms with E-state index in [2.05, 4.69) is 5.32 Å². The number of carbonyl (C=O) groups is 2. The van der Waals surface area contributed by atoms with Gasteiger partial charge in [0.1, 0.15) is 12.4 Å². The number of halogens is 1. The highest BCUT2D eigenvalue weighted by Gasteiger charge is 2.38. The molecule has 2 atom stereocenters. The molecule has 7 nitrogen and oxygen atoms in total. The van der Waals surface area contributed by atoms with Crippen LogP contribution in [-0.4, -0.2) is 21.4 Å². The molecule has 37 heavy (non-hydrogen) atoms. The lowest BCUT2D eigenvalue weighted by molar-refractivity contribution is -0.148. The minimum atomic E-state index is -0.494. The van der Waals surface area contributed by atoms with Crippen LogP contribution in [0.4, 0.5) is 4.39 Å². The fourth-order valence-corrected chi connectivity index (χ4v) is 6.68. The molecule has 1 amide bonds. The van der Waals surface area contributed by atoms with E-state index >= 15 is 0 Å². The Morgan fingerprint density at radius 1 is 1.19 bits per heavy atom. The Labute approximate surface area is 213 Å². The molecule has 1 saturated carbocycles. The molecule has 1 aromatic carbocycles. The quantitative estimate of drug-likeness (QED) is 0.422. The highest BCUT2D eigenvalue weighted by molar-refractivity contribution is 5.94. The maximum absolute atomic E-state index is 15.0. The predicted octanol–water partition coefficient (Wildman–Crippen LogP) is 4.33. The van der Waals surface area contributed by atoms with E-state index in [4.69, 9.17) is 9.72 Å². The van der Waals surface area contributed by atoms with Crippen molar-refractivity contribution in [2.75, 3.05) is 0 Å². The Morgan fingerprint density at radius 2 is 2.00 bits per heavy atom. The Bertz CT molecular complexity index is 1600. The number of hydrogen-bond donors (Lipinski definition) is 1. The van der Waals surface area contributed by atoms with Gasteiger partial charge in [-0.2, -0.15) is 0 Å². The first kappa shape index (κ1) is 22.6. The highest BCUT2D eigenvalue weighted by atomic mass is 19.1. The molecule has 2 aliphatic carbocycles. The van der Waals surface area contributed by atoms with Crippen LogP contribution >= 0.6 is 0 Å². The predicted molar refractivity (Wildman–Crippen MR) is 135 cm³/mol. The molecule has 2 aliphatic heterocycles. The average molecular weight is 502 g/mol. The third-order valence-electron chi connectivity index (χ3n) is 8.99. The van der Waals surface area contributed by atoms with Crippen molar-refractivity contribution >= 4 is 22.8 Å². The van der Waals surface area contributed by atoms with Gasteiger partial charge in [0.2, 0.25) is 5.91 Å². The van der Waals surface area contributed by atoms with Crippen molar-refractivity contribution in [3.63, 3.8) is 0 Å². The summed E-state index contributed by atoms with van der Waals surface area (Å²) in [6.45, 7) is 3.99. The number of pyridine rings is 2. The van der Waals surface area contributed by atoms with Crippen molar-refractivity contribution in [2.45, 2.75) is 77.5 Å². The Hall–Kier alpha value is -3.55. The molecule has 0 bridgehead atoms. The third-order valence-corrected chi connectivity index (χ3v) is 8.99. The lowest BCUT2D eigenvalue weighted by Crippen LogP contribution is -2.38. The van der Waals surface area contributed by atoms with Gasteiger partial charge in [0.15, 0.2) is 0 Å². The lowest BCUT2D eigenvalue weighted by atomic mass is 9.80. The first-order chi connectivity index (χ1) is 17.9. The molecule has 3 aromatic rings. The number of cyclic esters (lactones) is 1. The van der Waals surface area contributed by atoms with E-state index in [1.807, 2.05) is 13.0 Å². The molecule has 4 heterocycles. The van der Waals surface area contributed by atoms with Gasteiger partial charge < -0.3 is 14.6 Å². The first-order valence-corrected chi connectivity index (χ1v) is 13.3. The maximum Gasteiger partial charge on any atom is 0.313 e. The molecular weight excluding hydrogens is 473 g/mol. The molecule has 190 valence electrons. The Morgan fingerprint density at radius 3 is 2.73 bits per heavy atom. The summed E-state index contributed by atoms with van der Waals surface area (Å²) in [5.74, 6) is -0.988. The highest BCUT2D eigenvalue weighted by Crippen LogP contribution is 2.45. The summed E-state index contributed by atoms with van der Waals surface area (Å²) < 4.78 is 22.0. The molecule has 1 N–H and O–H groups in total. The van der Waals surface area contributed by atoms with E-state index in [1.165, 1.54) is 6.07 Å². The number of nitrogens with zero attached hydrogens (tertiary/aromatic N) is 2. The fourth-order valence-electron chi connectivity index (χ4n) is 6.68. The Kier molecular flexibility index (Phi) is 4.88. The molecule has 4 aliphatic rings. The average Bonchev–Trinajstić information content (AvgIpc) is 3.20. The van der Waals surface area contributed by atoms with Crippen LogP contribution in [0.15, 0.2) is 16.9 Å². The number of fused-ring (bicyclic) bond motifs is 5. The molecule has 8 heteroatoms. The van der Waals surface area contributed by atoms with Crippen LogP contribution in [0.5, 0.6) is 0 Å². The van der Waals surface area contributed by atoms with Gasteiger partial charge in [-0.3, -0.25) is 14.4 Å². The van der Waals surface area contributed by atoms with Crippen LogP contribution in [0.3, 0.4) is 0 Å². The largest absolute Gasteiger partial charge is 0.460 e. The first-order valence-electron chi connectivity index (χ1n) is 13.3. The number of amides is 1. The summed E-state index contributed by atoms with van der Waals surface area (Å²) in [5, 5.41) is 4.19. The van der Waals surface area contributed by atoms with Gasteiger partial charge in [0.05, 0.1) is 41.0 Å². The van der Waals surface area contributed by atoms with Gasteiger partial charge in [-0.15, -0.1) is 0 Å². The van der Waals surface area contributed by atoms with E-state index in [0.29, 0.717) is 59.4 Å². The molecule has 7 rings (SSSR count). The summed E-state index contributed by atoms with van der Waals surface area (Å²) in [7, 11) is 0. The van der Waals surface area contributed by atoms with E-state index < -0.39 is 5.92 Å². The number of benzene rings is 1. The van der Waals surface area contributed by atoms with E-state index in [1.54, 1.807) is 11.5 Å². The van der Waals surface area contributed by atoms with Gasteiger partial charge in [-0.1, -0.05) is 13.3 Å². The number of aryl methyl sites for hydroxylation is 1. The van der Waals surface area contributed by atoms with Crippen molar-refractivity contribution in [1.29, 1.82) is 0 Å². The number of carbonyl (C=O) groups excluding carboxylic acids is 2. The third kappa shape index (κ3) is 3.10. The van der Waals surface area contributed by atoms with Crippen LogP contribution in [0.1, 0.15) is 84.4 Å². The van der Waals surface area contributed by atoms with Crippen molar-refractivity contribution < 1.29 is 18.7 Å². The smallest absolute Gasteiger partial charge is 0.313 e. The summed E-state index contributed by atoms with van der Waals surface area (Å²) >= 11 is 0. The number of nitrogens with one attached hydrogen (secondary N) is 1. The number of ether oxygens (including phenoxy) is 1. The maximum atomic E-state index is 15.0.